The highest BCUT2D eigenvalue weighted by molar-refractivity contribution is 7.18. The van der Waals surface area contributed by atoms with Gasteiger partial charge in [-0.25, -0.2) is 9.97 Å². The number of nitrogens with zero attached hydrogens (tertiary/aromatic N) is 2. The van der Waals surface area contributed by atoms with Gasteiger partial charge in [-0.05, 0) is 36.6 Å². The molecule has 132 valence electrons. The summed E-state index contributed by atoms with van der Waals surface area (Å²) in [5.41, 5.74) is 1.19. The SMILES string of the molecule is CCCc1cc2c(NCCc3ccc(OC)c(OC)c3)ncnc2s1. The Morgan fingerprint density at radius 2 is 1.88 bits per heavy atom. The molecule has 0 saturated carbocycles. The maximum absolute atomic E-state index is 5.36. The Morgan fingerprint density at radius 3 is 2.64 bits per heavy atom. The van der Waals surface area contributed by atoms with Crippen LogP contribution in [0.4, 0.5) is 5.82 Å². The number of benzene rings is 1. The van der Waals surface area contributed by atoms with E-state index in [1.165, 1.54) is 10.4 Å². The molecular formula is C19H23N3O2S. The third-order valence-corrected chi connectivity index (χ3v) is 5.13. The summed E-state index contributed by atoms with van der Waals surface area (Å²) in [4.78, 5) is 11.2. The third-order valence-electron chi connectivity index (χ3n) is 4.03. The minimum absolute atomic E-state index is 0.749. The normalized spacial score (nSPS) is 10.8. The molecule has 0 unspecified atom stereocenters. The minimum Gasteiger partial charge on any atom is -0.493 e. The molecule has 0 aliphatic carbocycles. The fourth-order valence-corrected chi connectivity index (χ4v) is 3.87. The minimum atomic E-state index is 0.749. The number of aryl methyl sites for hydroxylation is 1. The second kappa shape index (κ2) is 8.16. The van der Waals surface area contributed by atoms with Gasteiger partial charge < -0.3 is 14.8 Å². The summed E-state index contributed by atoms with van der Waals surface area (Å²) >= 11 is 1.75. The lowest BCUT2D eigenvalue weighted by Crippen LogP contribution is -2.07. The summed E-state index contributed by atoms with van der Waals surface area (Å²) in [6.45, 7) is 2.99. The molecule has 0 bridgehead atoms. The zero-order valence-corrected chi connectivity index (χ0v) is 15.7. The monoisotopic (exact) mass is 357 g/mol. The van der Waals surface area contributed by atoms with Crippen LogP contribution in [0, 0.1) is 0 Å². The van der Waals surface area contributed by atoms with Gasteiger partial charge in [0.25, 0.3) is 0 Å². The number of rotatable bonds is 8. The van der Waals surface area contributed by atoms with Gasteiger partial charge in [-0.3, -0.25) is 0 Å². The Morgan fingerprint density at radius 1 is 1.04 bits per heavy atom. The first-order chi connectivity index (χ1) is 12.2. The molecule has 0 saturated heterocycles. The molecule has 25 heavy (non-hydrogen) atoms. The highest BCUT2D eigenvalue weighted by Crippen LogP contribution is 2.30. The second-order valence-electron chi connectivity index (χ2n) is 5.77. The van der Waals surface area contributed by atoms with E-state index in [9.17, 15) is 0 Å². The number of methoxy groups -OCH3 is 2. The Labute approximate surface area is 152 Å². The van der Waals surface area contributed by atoms with Crippen LogP contribution in [-0.2, 0) is 12.8 Å². The van der Waals surface area contributed by atoms with E-state index in [0.29, 0.717) is 0 Å². The van der Waals surface area contributed by atoms with Crippen LogP contribution in [0.5, 0.6) is 11.5 Å². The van der Waals surface area contributed by atoms with Crippen molar-refractivity contribution in [3.63, 3.8) is 0 Å². The summed E-state index contributed by atoms with van der Waals surface area (Å²) in [5, 5.41) is 4.56. The average molecular weight is 357 g/mol. The van der Waals surface area contributed by atoms with Gasteiger partial charge in [-0.1, -0.05) is 19.4 Å². The molecule has 2 aromatic heterocycles. The summed E-state index contributed by atoms with van der Waals surface area (Å²) in [5.74, 6) is 2.41. The lowest BCUT2D eigenvalue weighted by Gasteiger charge is -2.10. The molecular weight excluding hydrogens is 334 g/mol. The van der Waals surface area contributed by atoms with Crippen LogP contribution in [0.2, 0.25) is 0 Å². The fourth-order valence-electron chi connectivity index (χ4n) is 2.78. The van der Waals surface area contributed by atoms with E-state index in [1.807, 2.05) is 12.1 Å². The maximum atomic E-state index is 5.36. The second-order valence-corrected chi connectivity index (χ2v) is 6.89. The van der Waals surface area contributed by atoms with Crippen molar-refractivity contribution in [3.8, 4) is 11.5 Å². The molecule has 0 fully saturated rings. The molecule has 3 rings (SSSR count). The number of nitrogens with one attached hydrogen (secondary N) is 1. The molecule has 0 atom stereocenters. The highest BCUT2D eigenvalue weighted by Gasteiger charge is 2.09. The number of thiophene rings is 1. The van der Waals surface area contributed by atoms with Crippen LogP contribution in [0.1, 0.15) is 23.8 Å². The van der Waals surface area contributed by atoms with Crippen molar-refractivity contribution in [2.75, 3.05) is 26.1 Å². The van der Waals surface area contributed by atoms with E-state index in [2.05, 4.69) is 34.3 Å². The predicted molar refractivity (Wildman–Crippen MR) is 103 cm³/mol. The zero-order chi connectivity index (χ0) is 17.6. The predicted octanol–water partition coefficient (Wildman–Crippen LogP) is 4.32. The molecule has 0 radical (unpaired) electrons. The first-order valence-corrected chi connectivity index (χ1v) is 9.25. The van der Waals surface area contributed by atoms with Crippen LogP contribution in [0.3, 0.4) is 0 Å². The number of anilines is 1. The van der Waals surface area contributed by atoms with Gasteiger partial charge >= 0.3 is 0 Å². The number of ether oxygens (including phenoxy) is 2. The van der Waals surface area contributed by atoms with Crippen molar-refractivity contribution in [2.45, 2.75) is 26.2 Å². The summed E-state index contributed by atoms with van der Waals surface area (Å²) < 4.78 is 10.6. The largest absolute Gasteiger partial charge is 0.493 e. The summed E-state index contributed by atoms with van der Waals surface area (Å²) in [6, 6.07) is 8.22. The van der Waals surface area contributed by atoms with Gasteiger partial charge in [0.1, 0.15) is 17.0 Å². The molecule has 6 heteroatoms. The van der Waals surface area contributed by atoms with Crippen molar-refractivity contribution in [2.24, 2.45) is 0 Å². The van der Waals surface area contributed by atoms with E-state index in [4.69, 9.17) is 9.47 Å². The number of fused-ring (bicyclic) bond motifs is 1. The molecule has 0 aliphatic heterocycles. The molecule has 1 N–H and O–H groups in total. The van der Waals surface area contributed by atoms with Gasteiger partial charge in [0, 0.05) is 11.4 Å². The summed E-state index contributed by atoms with van der Waals surface area (Å²) in [7, 11) is 3.30. The number of aromatic nitrogens is 2. The Balaban J connectivity index is 1.69. The standard InChI is InChI=1S/C19H23N3O2S/c1-4-5-14-11-15-18(21-12-22-19(15)25-14)20-9-8-13-6-7-16(23-2)17(10-13)24-3/h6-7,10-12H,4-5,8-9H2,1-3H3,(H,20,21,22). The van der Waals surface area contributed by atoms with Gasteiger partial charge in [0.2, 0.25) is 0 Å². The van der Waals surface area contributed by atoms with Crippen LogP contribution in [0.25, 0.3) is 10.2 Å². The lowest BCUT2D eigenvalue weighted by atomic mass is 10.1. The maximum Gasteiger partial charge on any atom is 0.160 e. The van der Waals surface area contributed by atoms with Crippen LogP contribution in [-0.4, -0.2) is 30.7 Å². The average Bonchev–Trinajstić information content (AvgIpc) is 3.05. The highest BCUT2D eigenvalue weighted by atomic mass is 32.1. The quantitative estimate of drug-likeness (QED) is 0.651. The third kappa shape index (κ3) is 4.02. The Bertz CT molecular complexity index is 848. The first-order valence-electron chi connectivity index (χ1n) is 8.43. The molecule has 2 heterocycles. The van der Waals surface area contributed by atoms with Gasteiger partial charge in [-0.2, -0.15) is 0 Å². The molecule has 5 nitrogen and oxygen atoms in total. The zero-order valence-electron chi connectivity index (χ0n) is 14.8. The van der Waals surface area contributed by atoms with Gasteiger partial charge in [0.15, 0.2) is 11.5 Å². The first kappa shape index (κ1) is 17.5. The Kier molecular flexibility index (Phi) is 5.71. The Hall–Kier alpha value is -2.34. The van der Waals surface area contributed by atoms with Crippen molar-refractivity contribution in [1.29, 1.82) is 0 Å². The van der Waals surface area contributed by atoms with E-state index in [1.54, 1.807) is 31.9 Å². The van der Waals surface area contributed by atoms with E-state index in [-0.39, 0.29) is 0 Å². The smallest absolute Gasteiger partial charge is 0.160 e. The van der Waals surface area contributed by atoms with E-state index in [0.717, 1.165) is 53.3 Å². The van der Waals surface area contributed by atoms with E-state index < -0.39 is 0 Å². The molecule has 0 spiro atoms. The van der Waals surface area contributed by atoms with Crippen molar-refractivity contribution < 1.29 is 9.47 Å². The van der Waals surface area contributed by atoms with Crippen molar-refractivity contribution in [1.82, 2.24) is 9.97 Å². The van der Waals surface area contributed by atoms with E-state index >= 15 is 0 Å². The van der Waals surface area contributed by atoms with Gasteiger partial charge in [-0.15, -0.1) is 11.3 Å². The number of hydrogen-bond acceptors (Lipinski definition) is 6. The molecule has 3 aromatic rings. The summed E-state index contributed by atoms with van der Waals surface area (Å²) in [6.07, 6.45) is 4.74. The van der Waals surface area contributed by atoms with Crippen LogP contribution < -0.4 is 14.8 Å². The van der Waals surface area contributed by atoms with Crippen LogP contribution in [0.15, 0.2) is 30.6 Å². The lowest BCUT2D eigenvalue weighted by molar-refractivity contribution is 0.354. The van der Waals surface area contributed by atoms with Gasteiger partial charge in [0.05, 0.1) is 19.6 Å². The molecule has 0 amide bonds. The van der Waals surface area contributed by atoms with Crippen molar-refractivity contribution >= 4 is 27.4 Å². The molecule has 1 aromatic carbocycles. The topological polar surface area (TPSA) is 56.3 Å². The number of hydrogen-bond donors (Lipinski definition) is 1. The van der Waals surface area contributed by atoms with Crippen molar-refractivity contribution in [3.05, 3.63) is 41.0 Å². The fraction of sp³-hybridized carbons (Fsp3) is 0.368. The molecule has 0 aliphatic rings. The van der Waals surface area contributed by atoms with Crippen LogP contribution >= 0.6 is 11.3 Å².